The van der Waals surface area contributed by atoms with Crippen LogP contribution < -0.4 is 0 Å². The molecule has 0 unspecified atom stereocenters. The summed E-state index contributed by atoms with van der Waals surface area (Å²) < 4.78 is 0. The second-order valence-electron chi connectivity index (χ2n) is 4.56. The maximum atomic E-state index is 10.8. The molecule has 0 aromatic rings. The predicted octanol–water partition coefficient (Wildman–Crippen LogP) is 5.05. The molecule has 94 valence electrons. The van der Waals surface area contributed by atoms with Crippen LogP contribution >= 0.6 is 0 Å². The van der Waals surface area contributed by atoms with Crippen LogP contribution in [0.25, 0.3) is 0 Å². The smallest absolute Gasteiger partial charge is 0.145 e. The highest BCUT2D eigenvalue weighted by atomic mass is 16.1. The SMILES string of the molecule is CCCCCC=C(C=O)CCCCCCC. The number of hydrogen-bond acceptors (Lipinski definition) is 1. The predicted molar refractivity (Wildman–Crippen MR) is 71.7 cm³/mol. The van der Waals surface area contributed by atoms with E-state index < -0.39 is 0 Å². The Balaban J connectivity index is 3.53. The normalized spacial score (nSPS) is 11.8. The van der Waals surface area contributed by atoms with Gasteiger partial charge in [0.05, 0.1) is 0 Å². The van der Waals surface area contributed by atoms with Crippen molar-refractivity contribution in [3.05, 3.63) is 11.6 Å². The Bertz CT molecular complexity index is 182. The molecule has 0 saturated carbocycles. The van der Waals surface area contributed by atoms with Gasteiger partial charge in [-0.05, 0) is 31.3 Å². The van der Waals surface area contributed by atoms with Crippen molar-refractivity contribution in [2.45, 2.75) is 78.1 Å². The molecule has 0 bridgehead atoms. The van der Waals surface area contributed by atoms with Gasteiger partial charge < -0.3 is 0 Å². The van der Waals surface area contributed by atoms with Crippen LogP contribution in [0, 0.1) is 0 Å². The second kappa shape index (κ2) is 12.5. The summed E-state index contributed by atoms with van der Waals surface area (Å²) in [6, 6.07) is 0. The molecule has 0 aliphatic rings. The van der Waals surface area contributed by atoms with Gasteiger partial charge in [-0.15, -0.1) is 0 Å². The summed E-state index contributed by atoms with van der Waals surface area (Å²) in [4.78, 5) is 10.8. The lowest BCUT2D eigenvalue weighted by atomic mass is 10.0. The van der Waals surface area contributed by atoms with Crippen LogP contribution in [0.2, 0.25) is 0 Å². The molecule has 1 heteroatoms. The molecular formula is C15H28O. The van der Waals surface area contributed by atoms with Crippen LogP contribution in [0.1, 0.15) is 78.1 Å². The maximum Gasteiger partial charge on any atom is 0.145 e. The van der Waals surface area contributed by atoms with E-state index in [2.05, 4.69) is 19.9 Å². The lowest BCUT2D eigenvalue weighted by Crippen LogP contribution is -1.87. The molecule has 0 heterocycles. The standard InChI is InChI=1S/C15H28O/c1-3-5-7-9-11-13-15(14-16)12-10-8-6-4-2/h12,14H,3-11,13H2,1-2H3. The molecule has 0 aliphatic heterocycles. The van der Waals surface area contributed by atoms with E-state index >= 15 is 0 Å². The Labute approximate surface area is 101 Å². The molecule has 0 aromatic carbocycles. The third kappa shape index (κ3) is 9.95. The van der Waals surface area contributed by atoms with E-state index in [9.17, 15) is 4.79 Å². The monoisotopic (exact) mass is 224 g/mol. The Morgan fingerprint density at radius 1 is 0.875 bits per heavy atom. The molecule has 0 amide bonds. The van der Waals surface area contributed by atoms with E-state index in [-0.39, 0.29) is 0 Å². The molecule has 1 nitrogen and oxygen atoms in total. The Kier molecular flexibility index (Phi) is 12.0. The van der Waals surface area contributed by atoms with E-state index in [1.165, 1.54) is 51.4 Å². The summed E-state index contributed by atoms with van der Waals surface area (Å²) in [5.41, 5.74) is 1.02. The van der Waals surface area contributed by atoms with Gasteiger partial charge in [0, 0.05) is 0 Å². The lowest BCUT2D eigenvalue weighted by molar-refractivity contribution is -0.105. The van der Waals surface area contributed by atoms with E-state index in [0.717, 1.165) is 24.7 Å². The fourth-order valence-corrected chi connectivity index (χ4v) is 1.82. The number of rotatable bonds is 11. The lowest BCUT2D eigenvalue weighted by Gasteiger charge is -2.01. The fraction of sp³-hybridized carbons (Fsp3) is 0.800. The summed E-state index contributed by atoms with van der Waals surface area (Å²) >= 11 is 0. The van der Waals surface area contributed by atoms with Gasteiger partial charge in [0.15, 0.2) is 0 Å². The zero-order valence-corrected chi connectivity index (χ0v) is 11.1. The Hall–Kier alpha value is -0.590. The zero-order valence-electron chi connectivity index (χ0n) is 11.1. The van der Waals surface area contributed by atoms with E-state index in [4.69, 9.17) is 0 Å². The molecule has 0 atom stereocenters. The summed E-state index contributed by atoms with van der Waals surface area (Å²) in [5.74, 6) is 0. The van der Waals surface area contributed by atoms with Crippen molar-refractivity contribution in [2.75, 3.05) is 0 Å². The van der Waals surface area contributed by atoms with E-state index in [1.807, 2.05) is 0 Å². The topological polar surface area (TPSA) is 17.1 Å². The van der Waals surface area contributed by atoms with Crippen molar-refractivity contribution >= 4 is 6.29 Å². The van der Waals surface area contributed by atoms with Crippen molar-refractivity contribution in [2.24, 2.45) is 0 Å². The molecule has 0 saturated heterocycles. The molecule has 0 fully saturated rings. The number of allylic oxidation sites excluding steroid dienone is 2. The minimum Gasteiger partial charge on any atom is -0.298 e. The van der Waals surface area contributed by atoms with Crippen LogP contribution in [-0.2, 0) is 4.79 Å². The summed E-state index contributed by atoms with van der Waals surface area (Å²) in [6.07, 6.45) is 15.4. The van der Waals surface area contributed by atoms with Crippen molar-refractivity contribution in [3.8, 4) is 0 Å². The molecule has 0 spiro atoms. The highest BCUT2D eigenvalue weighted by Crippen LogP contribution is 2.11. The number of hydrogen-bond donors (Lipinski definition) is 0. The van der Waals surface area contributed by atoms with Crippen LogP contribution in [0.15, 0.2) is 11.6 Å². The third-order valence-corrected chi connectivity index (χ3v) is 2.93. The van der Waals surface area contributed by atoms with Crippen LogP contribution in [0.3, 0.4) is 0 Å². The van der Waals surface area contributed by atoms with Gasteiger partial charge >= 0.3 is 0 Å². The van der Waals surface area contributed by atoms with Crippen LogP contribution in [0.5, 0.6) is 0 Å². The van der Waals surface area contributed by atoms with Crippen molar-refractivity contribution in [3.63, 3.8) is 0 Å². The zero-order chi connectivity index (χ0) is 12.1. The number of aldehydes is 1. The molecule has 0 aliphatic carbocycles. The van der Waals surface area contributed by atoms with Gasteiger partial charge in [-0.3, -0.25) is 4.79 Å². The molecule has 0 radical (unpaired) electrons. The second-order valence-corrected chi connectivity index (χ2v) is 4.56. The Morgan fingerprint density at radius 3 is 2.12 bits per heavy atom. The summed E-state index contributed by atoms with van der Waals surface area (Å²) in [6.45, 7) is 4.43. The van der Waals surface area contributed by atoms with Gasteiger partial charge in [0.1, 0.15) is 6.29 Å². The van der Waals surface area contributed by atoms with Gasteiger partial charge in [0.2, 0.25) is 0 Å². The first-order chi connectivity index (χ1) is 7.85. The third-order valence-electron chi connectivity index (χ3n) is 2.93. The van der Waals surface area contributed by atoms with Crippen LogP contribution in [-0.4, -0.2) is 6.29 Å². The number of carbonyl (C=O) groups excluding carboxylic acids is 1. The van der Waals surface area contributed by atoms with Gasteiger partial charge in [0.25, 0.3) is 0 Å². The minimum absolute atomic E-state index is 0.985. The quantitative estimate of drug-likeness (QED) is 0.272. The minimum atomic E-state index is 0.985. The highest BCUT2D eigenvalue weighted by Gasteiger charge is 1.96. The van der Waals surface area contributed by atoms with Crippen molar-refractivity contribution < 1.29 is 4.79 Å². The average Bonchev–Trinajstić information content (AvgIpc) is 2.31. The first-order valence-corrected chi connectivity index (χ1v) is 6.99. The largest absolute Gasteiger partial charge is 0.298 e. The number of unbranched alkanes of at least 4 members (excludes halogenated alkanes) is 7. The molecule has 16 heavy (non-hydrogen) atoms. The van der Waals surface area contributed by atoms with Crippen LogP contribution in [0.4, 0.5) is 0 Å². The first kappa shape index (κ1) is 15.4. The number of carbonyl (C=O) groups is 1. The molecule has 0 rings (SSSR count). The summed E-state index contributed by atoms with van der Waals surface area (Å²) in [5, 5.41) is 0. The Morgan fingerprint density at radius 2 is 1.50 bits per heavy atom. The molecular weight excluding hydrogens is 196 g/mol. The van der Waals surface area contributed by atoms with E-state index in [1.54, 1.807) is 0 Å². The first-order valence-electron chi connectivity index (χ1n) is 6.99. The van der Waals surface area contributed by atoms with Gasteiger partial charge in [-0.2, -0.15) is 0 Å². The van der Waals surface area contributed by atoms with E-state index in [0.29, 0.717) is 0 Å². The van der Waals surface area contributed by atoms with Gasteiger partial charge in [-0.1, -0.05) is 58.4 Å². The average molecular weight is 224 g/mol. The molecule has 0 aromatic heterocycles. The molecule has 0 N–H and O–H groups in total. The van der Waals surface area contributed by atoms with Crippen molar-refractivity contribution in [1.82, 2.24) is 0 Å². The van der Waals surface area contributed by atoms with Crippen molar-refractivity contribution in [1.29, 1.82) is 0 Å². The summed E-state index contributed by atoms with van der Waals surface area (Å²) in [7, 11) is 0. The maximum absolute atomic E-state index is 10.8. The fourth-order valence-electron chi connectivity index (χ4n) is 1.82. The van der Waals surface area contributed by atoms with Gasteiger partial charge in [-0.25, -0.2) is 0 Å². The highest BCUT2D eigenvalue weighted by molar-refractivity contribution is 5.72.